The molecule has 0 radical (unpaired) electrons. The molecule has 78 valence electrons. The third kappa shape index (κ3) is 1.85. The maximum atomic E-state index is 5.60. The van der Waals surface area contributed by atoms with E-state index in [1.54, 1.807) is 13.3 Å². The van der Waals surface area contributed by atoms with Gasteiger partial charge in [-0.3, -0.25) is 5.10 Å². The molecule has 2 aromatic rings. The Morgan fingerprint density at radius 1 is 1.33 bits per heavy atom. The molecule has 0 aliphatic carbocycles. The van der Waals surface area contributed by atoms with Crippen LogP contribution in [0.4, 0.5) is 0 Å². The Morgan fingerprint density at radius 2 is 2.07 bits per heavy atom. The quantitative estimate of drug-likeness (QED) is 0.795. The molecule has 0 amide bonds. The topological polar surface area (TPSA) is 63.9 Å². The Labute approximate surface area is 88.1 Å². The molecule has 1 heterocycles. The number of aromatic nitrogens is 2. The van der Waals surface area contributed by atoms with Crippen LogP contribution in [0.3, 0.4) is 0 Å². The summed E-state index contributed by atoms with van der Waals surface area (Å²) in [4.78, 5) is 0. The van der Waals surface area contributed by atoms with E-state index in [4.69, 9.17) is 10.5 Å². The Hall–Kier alpha value is -1.81. The van der Waals surface area contributed by atoms with Crippen molar-refractivity contribution in [1.82, 2.24) is 10.2 Å². The summed E-state index contributed by atoms with van der Waals surface area (Å²) in [6.07, 6.45) is 1.75. The number of methoxy groups -OCH3 is 1. The van der Waals surface area contributed by atoms with Gasteiger partial charge in [-0.2, -0.15) is 5.10 Å². The number of rotatable bonds is 3. The number of aromatic amines is 1. The highest BCUT2D eigenvalue weighted by Gasteiger charge is 2.05. The second kappa shape index (κ2) is 4.14. The molecule has 0 fully saturated rings. The van der Waals surface area contributed by atoms with E-state index in [9.17, 15) is 0 Å². The molecule has 0 atom stereocenters. The van der Waals surface area contributed by atoms with Crippen molar-refractivity contribution in [3.05, 3.63) is 36.0 Å². The minimum absolute atomic E-state index is 0.484. The molecule has 0 saturated heterocycles. The average molecular weight is 203 g/mol. The maximum Gasteiger partial charge on any atom is 0.118 e. The molecule has 0 unspecified atom stereocenters. The van der Waals surface area contributed by atoms with Crippen molar-refractivity contribution in [2.75, 3.05) is 7.11 Å². The van der Waals surface area contributed by atoms with Gasteiger partial charge in [-0.25, -0.2) is 0 Å². The molecule has 4 heteroatoms. The van der Waals surface area contributed by atoms with Crippen LogP contribution in [0.25, 0.3) is 11.3 Å². The van der Waals surface area contributed by atoms with Crippen LogP contribution >= 0.6 is 0 Å². The summed E-state index contributed by atoms with van der Waals surface area (Å²) in [5.74, 6) is 0.840. The van der Waals surface area contributed by atoms with E-state index in [2.05, 4.69) is 10.2 Å². The molecule has 0 saturated carbocycles. The van der Waals surface area contributed by atoms with Gasteiger partial charge < -0.3 is 10.5 Å². The second-order valence-corrected chi connectivity index (χ2v) is 3.20. The van der Waals surface area contributed by atoms with Crippen molar-refractivity contribution >= 4 is 0 Å². The van der Waals surface area contributed by atoms with Crippen molar-refractivity contribution < 1.29 is 4.74 Å². The first kappa shape index (κ1) is 9.73. The lowest BCUT2D eigenvalue weighted by molar-refractivity contribution is 0.415. The summed E-state index contributed by atoms with van der Waals surface area (Å²) in [6.45, 7) is 0.484. The first-order chi connectivity index (χ1) is 7.35. The molecule has 3 N–H and O–H groups in total. The molecule has 0 bridgehead atoms. The Balaban J connectivity index is 2.37. The molecular weight excluding hydrogens is 190 g/mol. The highest BCUT2D eigenvalue weighted by molar-refractivity contribution is 5.63. The number of H-pyrrole nitrogens is 1. The highest BCUT2D eigenvalue weighted by atomic mass is 16.5. The third-order valence-electron chi connectivity index (χ3n) is 2.32. The predicted molar refractivity (Wildman–Crippen MR) is 58.5 cm³/mol. The molecule has 0 spiro atoms. The van der Waals surface area contributed by atoms with Gasteiger partial charge in [0, 0.05) is 17.7 Å². The fraction of sp³-hybridized carbons (Fsp3) is 0.182. The zero-order valence-electron chi connectivity index (χ0n) is 8.53. The van der Waals surface area contributed by atoms with Gasteiger partial charge in [0.15, 0.2) is 0 Å². The first-order valence-electron chi connectivity index (χ1n) is 4.72. The van der Waals surface area contributed by atoms with Gasteiger partial charge in [-0.05, 0) is 24.3 Å². The Kier molecular flexibility index (Phi) is 2.69. The number of nitrogens with zero attached hydrogens (tertiary/aromatic N) is 1. The van der Waals surface area contributed by atoms with Crippen LogP contribution in [-0.2, 0) is 6.54 Å². The lowest BCUT2D eigenvalue weighted by atomic mass is 10.1. The number of nitrogens with two attached hydrogens (primary N) is 1. The lowest BCUT2D eigenvalue weighted by Gasteiger charge is -2.03. The van der Waals surface area contributed by atoms with Crippen molar-refractivity contribution in [1.29, 1.82) is 0 Å². The van der Waals surface area contributed by atoms with Gasteiger partial charge in [0.1, 0.15) is 5.75 Å². The molecular formula is C11H13N3O. The van der Waals surface area contributed by atoms with E-state index in [0.717, 1.165) is 22.6 Å². The summed E-state index contributed by atoms with van der Waals surface area (Å²) >= 11 is 0. The van der Waals surface area contributed by atoms with E-state index in [0.29, 0.717) is 6.54 Å². The van der Waals surface area contributed by atoms with Crippen LogP contribution in [0.15, 0.2) is 30.5 Å². The summed E-state index contributed by atoms with van der Waals surface area (Å²) in [5.41, 5.74) is 8.65. The Bertz CT molecular complexity index is 433. The van der Waals surface area contributed by atoms with Gasteiger partial charge in [0.25, 0.3) is 0 Å². The smallest absolute Gasteiger partial charge is 0.118 e. The standard InChI is InChI=1S/C11H13N3O/c1-15-10-4-2-8(3-5-10)11-9(6-12)7-13-14-11/h2-5,7H,6,12H2,1H3,(H,13,14). The molecule has 4 nitrogen and oxygen atoms in total. The largest absolute Gasteiger partial charge is 0.497 e. The minimum Gasteiger partial charge on any atom is -0.497 e. The minimum atomic E-state index is 0.484. The second-order valence-electron chi connectivity index (χ2n) is 3.20. The van der Waals surface area contributed by atoms with Crippen LogP contribution < -0.4 is 10.5 Å². The summed E-state index contributed by atoms with van der Waals surface area (Å²) < 4.78 is 5.09. The van der Waals surface area contributed by atoms with Gasteiger partial charge in [-0.15, -0.1) is 0 Å². The van der Waals surface area contributed by atoms with Crippen molar-refractivity contribution in [3.63, 3.8) is 0 Å². The van der Waals surface area contributed by atoms with Crippen molar-refractivity contribution in [2.24, 2.45) is 5.73 Å². The van der Waals surface area contributed by atoms with Gasteiger partial charge in [0.2, 0.25) is 0 Å². The van der Waals surface area contributed by atoms with Crippen LogP contribution in [0.2, 0.25) is 0 Å². The molecule has 2 rings (SSSR count). The lowest BCUT2D eigenvalue weighted by Crippen LogP contribution is -1.96. The zero-order chi connectivity index (χ0) is 10.7. The SMILES string of the molecule is COc1ccc(-c2[nH]ncc2CN)cc1. The average Bonchev–Trinajstić information content (AvgIpc) is 2.77. The maximum absolute atomic E-state index is 5.60. The predicted octanol–water partition coefficient (Wildman–Crippen LogP) is 1.54. The molecule has 1 aromatic heterocycles. The van der Waals surface area contributed by atoms with E-state index in [1.165, 1.54) is 0 Å². The molecule has 15 heavy (non-hydrogen) atoms. The van der Waals surface area contributed by atoms with Crippen LogP contribution in [0.1, 0.15) is 5.56 Å². The van der Waals surface area contributed by atoms with Crippen LogP contribution in [-0.4, -0.2) is 17.3 Å². The van der Waals surface area contributed by atoms with Crippen LogP contribution in [0, 0.1) is 0 Å². The van der Waals surface area contributed by atoms with Gasteiger partial charge in [0.05, 0.1) is 19.0 Å². The molecule has 0 aliphatic rings. The van der Waals surface area contributed by atoms with E-state index >= 15 is 0 Å². The number of benzene rings is 1. The highest BCUT2D eigenvalue weighted by Crippen LogP contribution is 2.23. The van der Waals surface area contributed by atoms with Gasteiger partial charge in [-0.1, -0.05) is 0 Å². The summed E-state index contributed by atoms with van der Waals surface area (Å²) in [7, 11) is 1.65. The fourth-order valence-electron chi connectivity index (χ4n) is 1.47. The third-order valence-corrected chi connectivity index (χ3v) is 2.32. The Morgan fingerprint density at radius 3 is 2.67 bits per heavy atom. The van der Waals surface area contributed by atoms with Crippen molar-refractivity contribution in [2.45, 2.75) is 6.54 Å². The normalized spacial score (nSPS) is 10.3. The van der Waals surface area contributed by atoms with E-state index in [-0.39, 0.29) is 0 Å². The van der Waals surface area contributed by atoms with Gasteiger partial charge >= 0.3 is 0 Å². The molecule has 0 aliphatic heterocycles. The fourth-order valence-corrected chi connectivity index (χ4v) is 1.47. The zero-order valence-corrected chi connectivity index (χ0v) is 8.53. The van der Waals surface area contributed by atoms with Crippen LogP contribution in [0.5, 0.6) is 5.75 Å². The first-order valence-corrected chi connectivity index (χ1v) is 4.72. The monoisotopic (exact) mass is 203 g/mol. The number of hydrogen-bond acceptors (Lipinski definition) is 3. The van der Waals surface area contributed by atoms with Crippen molar-refractivity contribution in [3.8, 4) is 17.0 Å². The summed E-state index contributed by atoms with van der Waals surface area (Å²) in [5, 5.41) is 6.92. The summed E-state index contributed by atoms with van der Waals surface area (Å²) in [6, 6.07) is 7.78. The number of nitrogens with one attached hydrogen (secondary N) is 1. The van der Waals surface area contributed by atoms with E-state index < -0.39 is 0 Å². The van der Waals surface area contributed by atoms with E-state index in [1.807, 2.05) is 24.3 Å². The number of ether oxygens (including phenoxy) is 1. The number of hydrogen-bond donors (Lipinski definition) is 2. The molecule has 1 aromatic carbocycles.